The standard InChI is InChI=1S/C16H21N3/c1-13(2)19(11-14-6-5-9-18-10-14)12-15-7-3-4-8-16(15)17/h3-10,13H,11-12,17H2,1-2H3. The summed E-state index contributed by atoms with van der Waals surface area (Å²) in [4.78, 5) is 6.56. The first-order valence-electron chi connectivity index (χ1n) is 6.63. The van der Waals surface area contributed by atoms with E-state index < -0.39 is 0 Å². The zero-order valence-corrected chi connectivity index (χ0v) is 11.6. The zero-order valence-electron chi connectivity index (χ0n) is 11.6. The number of hydrogen-bond acceptors (Lipinski definition) is 3. The fourth-order valence-electron chi connectivity index (χ4n) is 2.04. The number of nitrogens with two attached hydrogens (primary N) is 1. The van der Waals surface area contributed by atoms with Crippen molar-refractivity contribution < 1.29 is 0 Å². The predicted molar refractivity (Wildman–Crippen MR) is 79.5 cm³/mol. The second kappa shape index (κ2) is 6.34. The van der Waals surface area contributed by atoms with Gasteiger partial charge in [-0.2, -0.15) is 0 Å². The van der Waals surface area contributed by atoms with E-state index in [4.69, 9.17) is 5.73 Å². The Bertz CT molecular complexity index is 508. The molecule has 2 rings (SSSR count). The van der Waals surface area contributed by atoms with Crippen LogP contribution in [0.3, 0.4) is 0 Å². The van der Waals surface area contributed by atoms with Crippen molar-refractivity contribution in [2.24, 2.45) is 0 Å². The Balaban J connectivity index is 2.11. The van der Waals surface area contributed by atoms with Gasteiger partial charge in [-0.15, -0.1) is 0 Å². The van der Waals surface area contributed by atoms with Gasteiger partial charge in [0.05, 0.1) is 0 Å². The van der Waals surface area contributed by atoms with Gasteiger partial charge in [0.25, 0.3) is 0 Å². The second-order valence-electron chi connectivity index (χ2n) is 5.06. The third-order valence-corrected chi connectivity index (χ3v) is 3.27. The molecule has 0 radical (unpaired) electrons. The third-order valence-electron chi connectivity index (χ3n) is 3.27. The van der Waals surface area contributed by atoms with Crippen LogP contribution in [-0.4, -0.2) is 15.9 Å². The minimum atomic E-state index is 0.458. The van der Waals surface area contributed by atoms with Crippen LogP contribution in [0.25, 0.3) is 0 Å². The number of hydrogen-bond donors (Lipinski definition) is 1. The molecule has 0 amide bonds. The number of nitrogen functional groups attached to an aromatic ring is 1. The van der Waals surface area contributed by atoms with Gasteiger partial charge in [0.2, 0.25) is 0 Å². The van der Waals surface area contributed by atoms with Gasteiger partial charge in [0, 0.05) is 37.2 Å². The molecule has 0 unspecified atom stereocenters. The van der Waals surface area contributed by atoms with Crippen molar-refractivity contribution in [3.05, 3.63) is 59.9 Å². The largest absolute Gasteiger partial charge is 0.398 e. The van der Waals surface area contributed by atoms with Gasteiger partial charge in [-0.3, -0.25) is 9.88 Å². The van der Waals surface area contributed by atoms with E-state index in [-0.39, 0.29) is 0 Å². The van der Waals surface area contributed by atoms with Crippen molar-refractivity contribution in [1.29, 1.82) is 0 Å². The summed E-state index contributed by atoms with van der Waals surface area (Å²) in [6.45, 7) is 6.16. The Morgan fingerprint density at radius 2 is 1.89 bits per heavy atom. The third kappa shape index (κ3) is 3.80. The molecule has 0 saturated heterocycles. The molecule has 0 saturated carbocycles. The molecular formula is C16H21N3. The normalized spacial score (nSPS) is 11.2. The molecule has 1 aromatic carbocycles. The molecule has 0 aliphatic rings. The van der Waals surface area contributed by atoms with Crippen LogP contribution in [0.1, 0.15) is 25.0 Å². The van der Waals surface area contributed by atoms with Crippen molar-refractivity contribution in [2.45, 2.75) is 33.0 Å². The van der Waals surface area contributed by atoms with E-state index in [0.717, 1.165) is 18.8 Å². The quantitative estimate of drug-likeness (QED) is 0.835. The Labute approximate surface area is 115 Å². The monoisotopic (exact) mass is 255 g/mol. The summed E-state index contributed by atoms with van der Waals surface area (Å²) in [5, 5.41) is 0. The first kappa shape index (κ1) is 13.6. The highest BCUT2D eigenvalue weighted by molar-refractivity contribution is 5.46. The van der Waals surface area contributed by atoms with Gasteiger partial charge in [0.15, 0.2) is 0 Å². The topological polar surface area (TPSA) is 42.2 Å². The molecule has 3 nitrogen and oxygen atoms in total. The van der Waals surface area contributed by atoms with Crippen LogP contribution in [0.2, 0.25) is 0 Å². The number of aromatic nitrogens is 1. The molecule has 0 spiro atoms. The van der Waals surface area contributed by atoms with Crippen molar-refractivity contribution in [3.8, 4) is 0 Å². The fourth-order valence-corrected chi connectivity index (χ4v) is 2.04. The fraction of sp³-hybridized carbons (Fsp3) is 0.312. The number of para-hydroxylation sites is 1. The van der Waals surface area contributed by atoms with Crippen LogP contribution in [0, 0.1) is 0 Å². The van der Waals surface area contributed by atoms with Crippen molar-refractivity contribution in [3.63, 3.8) is 0 Å². The molecule has 1 aromatic heterocycles. The number of rotatable bonds is 5. The molecule has 2 aromatic rings. The summed E-state index contributed by atoms with van der Waals surface area (Å²) < 4.78 is 0. The molecule has 0 aliphatic heterocycles. The summed E-state index contributed by atoms with van der Waals surface area (Å²) >= 11 is 0. The van der Waals surface area contributed by atoms with Crippen LogP contribution >= 0.6 is 0 Å². The van der Waals surface area contributed by atoms with Crippen LogP contribution in [0.4, 0.5) is 5.69 Å². The van der Waals surface area contributed by atoms with E-state index in [0.29, 0.717) is 6.04 Å². The SMILES string of the molecule is CC(C)N(Cc1cccnc1)Cc1ccccc1N. The van der Waals surface area contributed by atoms with Crippen LogP contribution < -0.4 is 5.73 Å². The molecule has 0 atom stereocenters. The molecular weight excluding hydrogens is 234 g/mol. The maximum atomic E-state index is 6.02. The van der Waals surface area contributed by atoms with E-state index in [2.05, 4.69) is 35.9 Å². The van der Waals surface area contributed by atoms with E-state index >= 15 is 0 Å². The Morgan fingerprint density at radius 1 is 1.11 bits per heavy atom. The Kier molecular flexibility index (Phi) is 4.53. The van der Waals surface area contributed by atoms with Gasteiger partial charge in [-0.1, -0.05) is 24.3 Å². The Hall–Kier alpha value is -1.87. The summed E-state index contributed by atoms with van der Waals surface area (Å²) in [5.41, 5.74) is 9.29. The minimum Gasteiger partial charge on any atom is -0.398 e. The average molecular weight is 255 g/mol. The molecule has 0 aliphatic carbocycles. The first-order chi connectivity index (χ1) is 9.16. The van der Waals surface area contributed by atoms with Crippen LogP contribution in [0.5, 0.6) is 0 Å². The number of benzene rings is 1. The summed E-state index contributed by atoms with van der Waals surface area (Å²) in [6, 6.07) is 12.6. The number of anilines is 1. The first-order valence-corrected chi connectivity index (χ1v) is 6.63. The van der Waals surface area contributed by atoms with E-state index in [9.17, 15) is 0 Å². The van der Waals surface area contributed by atoms with Gasteiger partial charge in [-0.05, 0) is 37.1 Å². The molecule has 3 heteroatoms. The van der Waals surface area contributed by atoms with Gasteiger partial charge in [-0.25, -0.2) is 0 Å². The Morgan fingerprint density at radius 3 is 2.53 bits per heavy atom. The van der Waals surface area contributed by atoms with Gasteiger partial charge >= 0.3 is 0 Å². The smallest absolute Gasteiger partial charge is 0.0359 e. The predicted octanol–water partition coefficient (Wildman–Crippen LogP) is 3.07. The average Bonchev–Trinajstić information content (AvgIpc) is 2.41. The van der Waals surface area contributed by atoms with E-state index in [1.54, 1.807) is 6.20 Å². The zero-order chi connectivity index (χ0) is 13.7. The van der Waals surface area contributed by atoms with Gasteiger partial charge in [0.1, 0.15) is 0 Å². The molecule has 0 bridgehead atoms. The highest BCUT2D eigenvalue weighted by Crippen LogP contribution is 2.17. The second-order valence-corrected chi connectivity index (χ2v) is 5.06. The summed E-state index contributed by atoms with van der Waals surface area (Å²) in [7, 11) is 0. The lowest BCUT2D eigenvalue weighted by molar-refractivity contribution is 0.204. The summed E-state index contributed by atoms with van der Waals surface area (Å²) in [6.07, 6.45) is 3.72. The van der Waals surface area contributed by atoms with Gasteiger partial charge < -0.3 is 5.73 Å². The summed E-state index contributed by atoms with van der Waals surface area (Å²) in [5.74, 6) is 0. The lowest BCUT2D eigenvalue weighted by Crippen LogP contribution is -2.30. The lowest BCUT2D eigenvalue weighted by Gasteiger charge is -2.27. The van der Waals surface area contributed by atoms with Crippen molar-refractivity contribution >= 4 is 5.69 Å². The number of pyridine rings is 1. The molecule has 0 fully saturated rings. The maximum Gasteiger partial charge on any atom is 0.0359 e. The van der Waals surface area contributed by atoms with Crippen LogP contribution in [0.15, 0.2) is 48.8 Å². The molecule has 1 heterocycles. The van der Waals surface area contributed by atoms with Crippen LogP contribution in [-0.2, 0) is 13.1 Å². The van der Waals surface area contributed by atoms with Crippen molar-refractivity contribution in [1.82, 2.24) is 9.88 Å². The molecule has 100 valence electrons. The maximum absolute atomic E-state index is 6.02. The number of nitrogens with zero attached hydrogens (tertiary/aromatic N) is 2. The highest BCUT2D eigenvalue weighted by Gasteiger charge is 2.12. The van der Waals surface area contributed by atoms with E-state index in [1.165, 1.54) is 11.1 Å². The lowest BCUT2D eigenvalue weighted by atomic mass is 10.1. The van der Waals surface area contributed by atoms with Crippen molar-refractivity contribution in [2.75, 3.05) is 5.73 Å². The minimum absolute atomic E-state index is 0.458. The molecule has 19 heavy (non-hydrogen) atoms. The molecule has 2 N–H and O–H groups in total. The highest BCUT2D eigenvalue weighted by atomic mass is 15.1. The van der Waals surface area contributed by atoms with E-state index in [1.807, 2.05) is 30.5 Å².